The van der Waals surface area contributed by atoms with Gasteiger partial charge in [0.2, 0.25) is 0 Å². The van der Waals surface area contributed by atoms with Crippen molar-refractivity contribution in [2.75, 3.05) is 4.72 Å². The molecule has 0 radical (unpaired) electrons. The van der Waals surface area contributed by atoms with E-state index in [1.807, 2.05) is 0 Å². The zero-order valence-electron chi connectivity index (χ0n) is 14.1. The molecule has 136 valence electrons. The average Bonchev–Trinajstić information content (AvgIpc) is 3.09. The molecule has 0 amide bonds. The third-order valence-electron chi connectivity index (χ3n) is 4.05. The first-order valence-corrected chi connectivity index (χ1v) is 9.65. The second-order valence-electron chi connectivity index (χ2n) is 5.93. The number of fused-ring (bicyclic) bond motifs is 1. The molecule has 0 unspecified atom stereocenters. The summed E-state index contributed by atoms with van der Waals surface area (Å²) in [5.74, 6) is -0.184. The standard InChI is InChI=1S/C19H15FN4O2S/c20-16-8-2-1-5-15(16)13-24-12-10-18(22-24)23-27(25,26)17-9-3-6-14-7-4-11-21-19(14)17/h1-12H,13H2,(H,22,23). The van der Waals surface area contributed by atoms with Crippen LogP contribution in [-0.2, 0) is 16.6 Å². The highest BCUT2D eigenvalue weighted by Crippen LogP contribution is 2.22. The van der Waals surface area contributed by atoms with E-state index >= 15 is 0 Å². The number of hydrogen-bond acceptors (Lipinski definition) is 4. The van der Waals surface area contributed by atoms with Gasteiger partial charge in [-0.2, -0.15) is 5.10 Å². The predicted octanol–water partition coefficient (Wildman–Crippen LogP) is 3.42. The Morgan fingerprint density at radius 3 is 2.67 bits per heavy atom. The van der Waals surface area contributed by atoms with Gasteiger partial charge in [-0.1, -0.05) is 36.4 Å². The van der Waals surface area contributed by atoms with Gasteiger partial charge in [-0.3, -0.25) is 14.4 Å². The number of rotatable bonds is 5. The molecule has 0 saturated heterocycles. The van der Waals surface area contributed by atoms with Crippen molar-refractivity contribution in [3.8, 4) is 0 Å². The van der Waals surface area contributed by atoms with Crippen molar-refractivity contribution in [3.05, 3.63) is 84.4 Å². The van der Waals surface area contributed by atoms with E-state index in [2.05, 4.69) is 14.8 Å². The number of anilines is 1. The van der Waals surface area contributed by atoms with E-state index in [4.69, 9.17) is 0 Å². The van der Waals surface area contributed by atoms with Crippen LogP contribution in [0, 0.1) is 5.82 Å². The molecular weight excluding hydrogens is 367 g/mol. The van der Waals surface area contributed by atoms with Crippen LogP contribution in [0.2, 0.25) is 0 Å². The summed E-state index contributed by atoms with van der Waals surface area (Å²) in [6, 6.07) is 16.4. The van der Waals surface area contributed by atoms with E-state index < -0.39 is 10.0 Å². The topological polar surface area (TPSA) is 76.9 Å². The van der Waals surface area contributed by atoms with Crippen molar-refractivity contribution < 1.29 is 12.8 Å². The fourth-order valence-electron chi connectivity index (χ4n) is 2.79. The number of pyridine rings is 1. The maximum absolute atomic E-state index is 13.8. The van der Waals surface area contributed by atoms with Gasteiger partial charge in [0, 0.05) is 29.4 Å². The summed E-state index contributed by atoms with van der Waals surface area (Å²) in [4.78, 5) is 4.25. The van der Waals surface area contributed by atoms with Crippen LogP contribution in [0.3, 0.4) is 0 Å². The highest BCUT2D eigenvalue weighted by molar-refractivity contribution is 7.93. The predicted molar refractivity (Wildman–Crippen MR) is 100 cm³/mol. The van der Waals surface area contributed by atoms with E-state index in [0.717, 1.165) is 5.39 Å². The van der Waals surface area contributed by atoms with Crippen molar-refractivity contribution in [3.63, 3.8) is 0 Å². The Hall–Kier alpha value is -3.26. The second-order valence-corrected chi connectivity index (χ2v) is 7.58. The summed E-state index contributed by atoms with van der Waals surface area (Å²) in [5, 5.41) is 4.90. The van der Waals surface area contributed by atoms with Gasteiger partial charge < -0.3 is 0 Å². The molecule has 0 aliphatic carbocycles. The quantitative estimate of drug-likeness (QED) is 0.574. The molecule has 0 fully saturated rings. The molecule has 0 aliphatic heterocycles. The van der Waals surface area contributed by atoms with Gasteiger partial charge in [0.05, 0.1) is 12.1 Å². The maximum Gasteiger partial charge on any atom is 0.265 e. The van der Waals surface area contributed by atoms with Gasteiger partial charge in [-0.25, -0.2) is 12.8 Å². The summed E-state index contributed by atoms with van der Waals surface area (Å²) >= 11 is 0. The molecule has 2 aromatic carbocycles. The monoisotopic (exact) mass is 382 g/mol. The zero-order valence-corrected chi connectivity index (χ0v) is 14.9. The minimum Gasteiger partial charge on any atom is -0.266 e. The van der Waals surface area contributed by atoms with Gasteiger partial charge in [0.1, 0.15) is 10.7 Å². The lowest BCUT2D eigenvalue weighted by molar-refractivity contribution is 0.585. The normalized spacial score (nSPS) is 11.6. The second kappa shape index (κ2) is 6.81. The van der Waals surface area contributed by atoms with Crippen LogP contribution in [0.4, 0.5) is 10.2 Å². The molecule has 0 bridgehead atoms. The summed E-state index contributed by atoms with van der Waals surface area (Å²) in [6.45, 7) is 0.199. The SMILES string of the molecule is O=S(=O)(Nc1ccn(Cc2ccccc2F)n1)c1cccc2cccnc12. The zero-order chi connectivity index (χ0) is 18.9. The van der Waals surface area contributed by atoms with Crippen LogP contribution in [0.25, 0.3) is 10.9 Å². The Morgan fingerprint density at radius 2 is 1.81 bits per heavy atom. The number of para-hydroxylation sites is 1. The number of halogens is 1. The molecule has 1 N–H and O–H groups in total. The van der Waals surface area contributed by atoms with Crippen molar-refractivity contribution in [2.24, 2.45) is 0 Å². The molecule has 4 aromatic rings. The summed E-state index contributed by atoms with van der Waals surface area (Å²) in [6.07, 6.45) is 3.14. The fourth-order valence-corrected chi connectivity index (χ4v) is 3.97. The first kappa shape index (κ1) is 17.2. The van der Waals surface area contributed by atoms with Crippen molar-refractivity contribution in [1.29, 1.82) is 0 Å². The molecule has 0 saturated carbocycles. The minimum atomic E-state index is -3.87. The number of aromatic nitrogens is 3. The van der Waals surface area contributed by atoms with Crippen LogP contribution < -0.4 is 4.72 Å². The van der Waals surface area contributed by atoms with Gasteiger partial charge in [0.15, 0.2) is 5.82 Å². The Balaban J connectivity index is 1.60. The summed E-state index contributed by atoms with van der Waals surface area (Å²) in [7, 11) is -3.87. The minimum absolute atomic E-state index is 0.0734. The van der Waals surface area contributed by atoms with Crippen LogP contribution >= 0.6 is 0 Å². The van der Waals surface area contributed by atoms with E-state index in [-0.39, 0.29) is 23.1 Å². The molecular formula is C19H15FN4O2S. The van der Waals surface area contributed by atoms with E-state index in [1.165, 1.54) is 22.9 Å². The molecule has 6 nitrogen and oxygen atoms in total. The molecule has 0 spiro atoms. The fraction of sp³-hybridized carbons (Fsp3) is 0.0526. The third kappa shape index (κ3) is 3.52. The molecule has 4 rings (SSSR count). The Labute approximate surface area is 155 Å². The molecule has 2 heterocycles. The summed E-state index contributed by atoms with van der Waals surface area (Å²) < 4.78 is 43.2. The molecule has 0 atom stereocenters. The van der Waals surface area contributed by atoms with Crippen LogP contribution in [-0.4, -0.2) is 23.2 Å². The molecule has 27 heavy (non-hydrogen) atoms. The Kier molecular flexibility index (Phi) is 4.33. The number of benzene rings is 2. The molecule has 2 aromatic heterocycles. The third-order valence-corrected chi connectivity index (χ3v) is 5.44. The average molecular weight is 382 g/mol. The lowest BCUT2D eigenvalue weighted by atomic mass is 10.2. The van der Waals surface area contributed by atoms with Crippen LogP contribution in [0.15, 0.2) is 78.0 Å². The van der Waals surface area contributed by atoms with E-state index in [0.29, 0.717) is 11.1 Å². The molecule has 0 aliphatic rings. The van der Waals surface area contributed by atoms with Crippen molar-refractivity contribution in [2.45, 2.75) is 11.4 Å². The summed E-state index contributed by atoms with van der Waals surface area (Å²) in [5.41, 5.74) is 0.853. The van der Waals surface area contributed by atoms with Crippen LogP contribution in [0.5, 0.6) is 0 Å². The highest BCUT2D eigenvalue weighted by atomic mass is 32.2. The van der Waals surface area contributed by atoms with Crippen molar-refractivity contribution >= 4 is 26.7 Å². The van der Waals surface area contributed by atoms with E-state index in [9.17, 15) is 12.8 Å². The van der Waals surface area contributed by atoms with Gasteiger partial charge in [-0.15, -0.1) is 0 Å². The van der Waals surface area contributed by atoms with Crippen LogP contribution in [0.1, 0.15) is 5.56 Å². The first-order chi connectivity index (χ1) is 13.0. The number of nitrogens with one attached hydrogen (secondary N) is 1. The van der Waals surface area contributed by atoms with Gasteiger partial charge in [-0.05, 0) is 18.2 Å². The van der Waals surface area contributed by atoms with Gasteiger partial charge >= 0.3 is 0 Å². The number of nitrogens with zero attached hydrogens (tertiary/aromatic N) is 3. The lowest BCUT2D eigenvalue weighted by Crippen LogP contribution is -2.14. The smallest absolute Gasteiger partial charge is 0.265 e. The first-order valence-electron chi connectivity index (χ1n) is 8.16. The lowest BCUT2D eigenvalue weighted by Gasteiger charge is -2.08. The van der Waals surface area contributed by atoms with Crippen molar-refractivity contribution in [1.82, 2.24) is 14.8 Å². The van der Waals surface area contributed by atoms with E-state index in [1.54, 1.807) is 54.9 Å². The Morgan fingerprint density at radius 1 is 1.00 bits per heavy atom. The van der Waals surface area contributed by atoms with Gasteiger partial charge in [0.25, 0.3) is 10.0 Å². The Bertz CT molecular complexity index is 1220. The number of sulfonamides is 1. The largest absolute Gasteiger partial charge is 0.266 e. The molecule has 8 heteroatoms. The maximum atomic E-state index is 13.8. The number of hydrogen-bond donors (Lipinski definition) is 1. The highest BCUT2D eigenvalue weighted by Gasteiger charge is 2.19.